The summed E-state index contributed by atoms with van der Waals surface area (Å²) in [6.45, 7) is 5.33. The molecule has 3 saturated heterocycles. The van der Waals surface area contributed by atoms with Crippen molar-refractivity contribution in [1.29, 1.82) is 0 Å². The number of alkyl halides is 1. The fraction of sp³-hybridized carbons (Fsp3) is 0.441. The van der Waals surface area contributed by atoms with Crippen molar-refractivity contribution in [3.63, 3.8) is 0 Å². The Morgan fingerprint density at radius 1 is 1.09 bits per heavy atom. The Bertz CT molecular complexity index is 1860. The molecule has 1 N–H and O–H groups in total. The van der Waals surface area contributed by atoms with E-state index in [1.54, 1.807) is 6.92 Å². The number of aromatic hydroxyl groups is 1. The molecular formula is C34H34F3N5O4. The van der Waals surface area contributed by atoms with Crippen molar-refractivity contribution in [3.8, 4) is 41.2 Å². The van der Waals surface area contributed by atoms with Gasteiger partial charge in [0.25, 0.3) is 0 Å². The first-order valence-corrected chi connectivity index (χ1v) is 15.6. The maximum absolute atomic E-state index is 17.0. The van der Waals surface area contributed by atoms with Gasteiger partial charge < -0.3 is 24.2 Å². The van der Waals surface area contributed by atoms with Gasteiger partial charge in [0, 0.05) is 43.6 Å². The molecule has 0 aliphatic carbocycles. The molecule has 0 radical (unpaired) electrons. The summed E-state index contributed by atoms with van der Waals surface area (Å²) in [5.74, 6) is 1.10. The summed E-state index contributed by atoms with van der Waals surface area (Å²) in [5, 5.41) is 11.5. The van der Waals surface area contributed by atoms with Gasteiger partial charge in [-0.05, 0) is 56.3 Å². The van der Waals surface area contributed by atoms with Crippen LogP contribution in [0.4, 0.5) is 19.0 Å². The molecule has 2 aromatic heterocycles. The van der Waals surface area contributed by atoms with Crippen molar-refractivity contribution in [2.45, 2.75) is 44.3 Å². The Hall–Kier alpha value is -4.34. The van der Waals surface area contributed by atoms with Crippen LogP contribution in [0.15, 0.2) is 24.3 Å². The second-order valence-corrected chi connectivity index (χ2v) is 12.0. The molecule has 240 valence electrons. The van der Waals surface area contributed by atoms with E-state index in [0.717, 1.165) is 19.4 Å². The molecule has 0 unspecified atom stereocenters. The van der Waals surface area contributed by atoms with Gasteiger partial charge in [-0.2, -0.15) is 9.97 Å². The van der Waals surface area contributed by atoms with E-state index in [1.807, 2.05) is 4.90 Å². The number of fused-ring (bicyclic) bond motifs is 3. The summed E-state index contributed by atoms with van der Waals surface area (Å²) >= 11 is 0. The van der Waals surface area contributed by atoms with Crippen molar-refractivity contribution in [3.05, 3.63) is 41.5 Å². The third-order valence-electron chi connectivity index (χ3n) is 9.20. The van der Waals surface area contributed by atoms with Crippen LogP contribution < -0.4 is 14.4 Å². The molecule has 0 spiro atoms. The average Bonchev–Trinajstić information content (AvgIpc) is 3.42. The van der Waals surface area contributed by atoms with Crippen LogP contribution in [-0.2, 0) is 4.74 Å². The molecule has 3 aliphatic rings. The summed E-state index contributed by atoms with van der Waals surface area (Å²) in [7, 11) is 0. The molecule has 7 rings (SSSR count). The molecule has 2 atom stereocenters. The van der Waals surface area contributed by atoms with Crippen LogP contribution in [0.1, 0.15) is 38.2 Å². The predicted octanol–water partition coefficient (Wildman–Crippen LogP) is 5.39. The number of pyridine rings is 1. The third kappa shape index (κ3) is 5.21. The van der Waals surface area contributed by atoms with Crippen molar-refractivity contribution < 1.29 is 32.5 Å². The molecule has 0 amide bonds. The smallest absolute Gasteiger partial charge is 0.319 e. The number of anilines is 1. The van der Waals surface area contributed by atoms with Gasteiger partial charge in [-0.25, -0.2) is 18.2 Å². The molecule has 12 heteroatoms. The normalized spacial score (nSPS) is 21.8. The quantitative estimate of drug-likeness (QED) is 0.269. The molecule has 3 fully saturated rings. The minimum Gasteiger partial charge on any atom is -0.508 e. The highest BCUT2D eigenvalue weighted by Crippen LogP contribution is 2.43. The molecule has 0 bridgehead atoms. The van der Waals surface area contributed by atoms with Crippen molar-refractivity contribution in [2.24, 2.45) is 0 Å². The number of hydrogen-bond donors (Lipinski definition) is 1. The number of nitrogens with zero attached hydrogens (tertiary/aromatic N) is 5. The van der Waals surface area contributed by atoms with E-state index in [-0.39, 0.29) is 64.0 Å². The van der Waals surface area contributed by atoms with E-state index < -0.39 is 23.3 Å². The third-order valence-corrected chi connectivity index (χ3v) is 9.20. The number of phenols is 1. The molecule has 2 aromatic carbocycles. The fourth-order valence-corrected chi connectivity index (χ4v) is 7.17. The van der Waals surface area contributed by atoms with Crippen LogP contribution in [0.25, 0.3) is 32.9 Å². The summed E-state index contributed by atoms with van der Waals surface area (Å²) in [6.07, 6.45) is 7.55. The zero-order chi connectivity index (χ0) is 32.0. The molecule has 4 aromatic rings. The highest BCUT2D eigenvalue weighted by atomic mass is 19.1. The highest BCUT2D eigenvalue weighted by molar-refractivity contribution is 6.04. The Morgan fingerprint density at radius 2 is 1.96 bits per heavy atom. The van der Waals surface area contributed by atoms with Gasteiger partial charge in [0.05, 0.1) is 24.3 Å². The number of aromatic nitrogens is 3. The number of halogens is 3. The minimum absolute atomic E-state index is 0.0624. The van der Waals surface area contributed by atoms with Crippen LogP contribution >= 0.6 is 0 Å². The van der Waals surface area contributed by atoms with E-state index in [9.17, 15) is 13.9 Å². The lowest BCUT2D eigenvalue weighted by molar-refractivity contribution is 0.107. The van der Waals surface area contributed by atoms with E-state index in [4.69, 9.17) is 25.6 Å². The topological polar surface area (TPSA) is 93.1 Å². The molecule has 5 heterocycles. The number of terminal acetylenes is 1. The Kier molecular flexibility index (Phi) is 7.98. The van der Waals surface area contributed by atoms with Crippen LogP contribution in [0.3, 0.4) is 0 Å². The summed E-state index contributed by atoms with van der Waals surface area (Å²) in [5.41, 5.74) is -0.835. The van der Waals surface area contributed by atoms with Crippen molar-refractivity contribution in [2.75, 3.05) is 57.5 Å². The zero-order valence-corrected chi connectivity index (χ0v) is 25.5. The van der Waals surface area contributed by atoms with Gasteiger partial charge in [0.2, 0.25) is 5.88 Å². The van der Waals surface area contributed by atoms with Gasteiger partial charge in [0.15, 0.2) is 5.82 Å². The van der Waals surface area contributed by atoms with Gasteiger partial charge in [-0.15, -0.1) is 6.42 Å². The first-order chi connectivity index (χ1) is 22.3. The molecule has 46 heavy (non-hydrogen) atoms. The number of phenolic OH excluding ortho intramolecular Hbond substituents is 1. The lowest BCUT2D eigenvalue weighted by Gasteiger charge is -2.31. The Balaban J connectivity index is 1.44. The lowest BCUT2D eigenvalue weighted by atomic mass is 9.95. The zero-order valence-electron chi connectivity index (χ0n) is 25.5. The Morgan fingerprint density at radius 3 is 2.78 bits per heavy atom. The maximum atomic E-state index is 17.0. The van der Waals surface area contributed by atoms with E-state index >= 15 is 4.39 Å². The molecule has 3 aliphatic heterocycles. The predicted molar refractivity (Wildman–Crippen MR) is 167 cm³/mol. The number of rotatable bonds is 7. The highest BCUT2D eigenvalue weighted by Gasteiger charge is 2.49. The van der Waals surface area contributed by atoms with Crippen molar-refractivity contribution >= 4 is 27.5 Å². The van der Waals surface area contributed by atoms with E-state index in [2.05, 4.69) is 20.8 Å². The monoisotopic (exact) mass is 633 g/mol. The molecule has 0 saturated carbocycles. The van der Waals surface area contributed by atoms with Gasteiger partial charge in [-0.1, -0.05) is 12.0 Å². The first kappa shape index (κ1) is 30.3. The van der Waals surface area contributed by atoms with Gasteiger partial charge in [-0.3, -0.25) is 4.90 Å². The van der Waals surface area contributed by atoms with Crippen LogP contribution in [0.5, 0.6) is 17.6 Å². The summed E-state index contributed by atoms with van der Waals surface area (Å²) in [4.78, 5) is 18.0. The standard InChI is InChI=1S/C34H34F3N5O4/c1-3-23-25(36)8-7-20-15-22(43)16-24(26(20)23)29-28(37)30-27(32(38-29)45-4-2)31(41-10-6-13-44-14-12-41)40-33(39-30)46-19-34-9-5-11-42(34)18-21(35)17-34/h1,7-8,15-16,21,43H,4-6,9-14,17-19H2,2H3/t21-,34+/m1/s1. The maximum Gasteiger partial charge on any atom is 0.319 e. The van der Waals surface area contributed by atoms with Crippen LogP contribution in [-0.4, -0.2) is 89.3 Å². The number of ether oxygens (including phenoxy) is 3. The minimum atomic E-state index is -0.941. The largest absolute Gasteiger partial charge is 0.508 e. The van der Waals surface area contributed by atoms with Gasteiger partial charge >= 0.3 is 6.01 Å². The second-order valence-electron chi connectivity index (χ2n) is 12.0. The summed E-state index contributed by atoms with van der Waals surface area (Å²) in [6, 6.07) is 5.31. The SMILES string of the molecule is C#Cc1c(F)ccc2cc(O)cc(-c3nc(OCC)c4c(N5CCCOCC5)nc(OC[C@@]56CCCN5C[C@H](F)C6)nc4c3F)c12. The average molecular weight is 634 g/mol. The van der Waals surface area contributed by atoms with Crippen molar-refractivity contribution in [1.82, 2.24) is 19.9 Å². The molecule has 9 nitrogen and oxygen atoms in total. The van der Waals surface area contributed by atoms with Crippen LogP contribution in [0.2, 0.25) is 0 Å². The summed E-state index contributed by atoms with van der Waals surface area (Å²) < 4.78 is 64.3. The fourth-order valence-electron chi connectivity index (χ4n) is 7.17. The number of hydrogen-bond acceptors (Lipinski definition) is 9. The molecular weight excluding hydrogens is 599 g/mol. The van der Waals surface area contributed by atoms with E-state index in [0.29, 0.717) is 56.9 Å². The van der Waals surface area contributed by atoms with E-state index in [1.165, 1.54) is 24.3 Å². The lowest BCUT2D eigenvalue weighted by Crippen LogP contribution is -2.43. The van der Waals surface area contributed by atoms with Crippen LogP contribution in [0, 0.1) is 24.0 Å². The van der Waals surface area contributed by atoms with Gasteiger partial charge in [0.1, 0.15) is 46.8 Å². The Labute approximate surface area is 264 Å². The second kappa shape index (κ2) is 12.1. The number of benzene rings is 2. The first-order valence-electron chi connectivity index (χ1n) is 15.6.